The number of hydrogen-bond acceptors (Lipinski definition) is 3. The van der Waals surface area contributed by atoms with Gasteiger partial charge in [-0.15, -0.1) is 0 Å². The number of hydrazone groups is 1. The fourth-order valence-electron chi connectivity index (χ4n) is 2.90. The maximum Gasteiger partial charge on any atom is 0.288 e. The van der Waals surface area contributed by atoms with Crippen LogP contribution in [0.25, 0.3) is 10.9 Å². The molecule has 3 rings (SSSR count). The largest absolute Gasteiger partial charge is 0.366 e. The van der Waals surface area contributed by atoms with E-state index in [0.29, 0.717) is 11.3 Å². The van der Waals surface area contributed by atoms with Crippen LogP contribution in [0.1, 0.15) is 51.7 Å². The Hall–Kier alpha value is -3.41. The number of nitrogens with zero attached hydrogens (tertiary/aromatic N) is 1. The van der Waals surface area contributed by atoms with Crippen molar-refractivity contribution in [1.82, 2.24) is 10.4 Å². The van der Waals surface area contributed by atoms with Crippen molar-refractivity contribution in [3.8, 4) is 0 Å². The summed E-state index contributed by atoms with van der Waals surface area (Å²) in [5.74, 6) is -0.589. The Bertz CT molecular complexity index is 985. The highest BCUT2D eigenvalue weighted by Crippen LogP contribution is 2.28. The Morgan fingerprint density at radius 3 is 2.46 bits per heavy atom. The van der Waals surface area contributed by atoms with E-state index in [-0.39, 0.29) is 11.8 Å². The zero-order valence-electron chi connectivity index (χ0n) is 14.6. The van der Waals surface area contributed by atoms with E-state index in [0.717, 1.165) is 22.0 Å². The third-order valence-electron chi connectivity index (χ3n) is 4.13. The van der Waals surface area contributed by atoms with Crippen LogP contribution in [-0.2, 0) is 0 Å². The van der Waals surface area contributed by atoms with Gasteiger partial charge in [0.2, 0.25) is 5.91 Å². The highest BCUT2D eigenvalue weighted by molar-refractivity contribution is 6.01. The third-order valence-corrected chi connectivity index (χ3v) is 4.13. The van der Waals surface area contributed by atoms with Gasteiger partial charge in [-0.3, -0.25) is 9.59 Å². The summed E-state index contributed by atoms with van der Waals surface area (Å²) >= 11 is 0. The molecule has 26 heavy (non-hydrogen) atoms. The SMILES string of the molecule is CC(C)c1c(C(=O)NN=Cc2ccc(C(N)=O)cc2)[nH]c2ccccc12. The van der Waals surface area contributed by atoms with Crippen LogP contribution in [0.15, 0.2) is 53.6 Å². The fraction of sp³-hybridized carbons (Fsp3) is 0.150. The molecule has 0 bridgehead atoms. The molecule has 0 unspecified atom stereocenters. The standard InChI is InChI=1S/C20H20N4O2/c1-12(2)17-15-5-3-4-6-16(15)23-18(17)20(26)24-22-11-13-7-9-14(10-8-13)19(21)25/h3-12,23H,1-2H3,(H2,21,25)(H,24,26). The van der Waals surface area contributed by atoms with Crippen LogP contribution >= 0.6 is 0 Å². The monoisotopic (exact) mass is 348 g/mol. The first-order chi connectivity index (χ1) is 12.5. The predicted molar refractivity (Wildman–Crippen MR) is 102 cm³/mol. The third kappa shape index (κ3) is 3.49. The number of nitrogens with one attached hydrogen (secondary N) is 2. The van der Waals surface area contributed by atoms with Gasteiger partial charge in [0.15, 0.2) is 0 Å². The molecule has 6 heteroatoms. The van der Waals surface area contributed by atoms with Crippen molar-refractivity contribution in [3.63, 3.8) is 0 Å². The van der Waals surface area contributed by atoms with E-state index in [1.165, 1.54) is 6.21 Å². The second-order valence-corrected chi connectivity index (χ2v) is 6.30. The number of benzene rings is 2. The van der Waals surface area contributed by atoms with Gasteiger partial charge in [0.05, 0.1) is 6.21 Å². The first-order valence-corrected chi connectivity index (χ1v) is 8.31. The van der Waals surface area contributed by atoms with Gasteiger partial charge in [-0.05, 0) is 35.2 Å². The number of para-hydroxylation sites is 1. The number of amides is 2. The number of carbonyl (C=O) groups excluding carboxylic acids is 2. The van der Waals surface area contributed by atoms with E-state index in [9.17, 15) is 9.59 Å². The summed E-state index contributed by atoms with van der Waals surface area (Å²) in [5.41, 5.74) is 11.3. The first-order valence-electron chi connectivity index (χ1n) is 8.31. The minimum absolute atomic E-state index is 0.192. The van der Waals surface area contributed by atoms with Crippen LogP contribution in [0, 0.1) is 0 Å². The molecule has 0 atom stereocenters. The Kier molecular flexibility index (Phi) is 4.84. The molecule has 4 N–H and O–H groups in total. The average molecular weight is 348 g/mol. The van der Waals surface area contributed by atoms with E-state index in [1.807, 2.05) is 24.3 Å². The number of H-pyrrole nitrogens is 1. The molecular weight excluding hydrogens is 328 g/mol. The molecule has 6 nitrogen and oxygen atoms in total. The van der Waals surface area contributed by atoms with Gasteiger partial charge in [-0.25, -0.2) is 5.43 Å². The lowest BCUT2D eigenvalue weighted by Gasteiger charge is -2.07. The molecule has 0 saturated heterocycles. The summed E-state index contributed by atoms with van der Waals surface area (Å²) in [7, 11) is 0. The molecule has 0 aliphatic heterocycles. The summed E-state index contributed by atoms with van der Waals surface area (Å²) < 4.78 is 0. The molecular formula is C20H20N4O2. The number of hydrogen-bond donors (Lipinski definition) is 3. The van der Waals surface area contributed by atoms with Crippen molar-refractivity contribution in [2.45, 2.75) is 19.8 Å². The van der Waals surface area contributed by atoms with E-state index in [4.69, 9.17) is 5.73 Å². The lowest BCUT2D eigenvalue weighted by atomic mass is 9.99. The van der Waals surface area contributed by atoms with Crippen molar-refractivity contribution in [3.05, 3.63) is 70.9 Å². The highest BCUT2D eigenvalue weighted by atomic mass is 16.2. The van der Waals surface area contributed by atoms with Crippen molar-refractivity contribution in [2.24, 2.45) is 10.8 Å². The summed E-state index contributed by atoms with van der Waals surface area (Å²) in [6.07, 6.45) is 1.51. The Labute approximate surface area is 151 Å². The fourth-order valence-corrected chi connectivity index (χ4v) is 2.90. The smallest absolute Gasteiger partial charge is 0.288 e. The molecule has 132 valence electrons. The van der Waals surface area contributed by atoms with Crippen molar-refractivity contribution in [1.29, 1.82) is 0 Å². The highest BCUT2D eigenvalue weighted by Gasteiger charge is 2.19. The normalized spacial score (nSPS) is 11.3. The van der Waals surface area contributed by atoms with Crippen LogP contribution in [0.5, 0.6) is 0 Å². The van der Waals surface area contributed by atoms with Gasteiger partial charge in [-0.1, -0.05) is 44.2 Å². The minimum atomic E-state index is -0.484. The topological polar surface area (TPSA) is 100 Å². The number of fused-ring (bicyclic) bond motifs is 1. The van der Waals surface area contributed by atoms with Crippen LogP contribution in [-0.4, -0.2) is 23.0 Å². The van der Waals surface area contributed by atoms with Crippen molar-refractivity contribution < 1.29 is 9.59 Å². The lowest BCUT2D eigenvalue weighted by molar-refractivity contribution is 0.0948. The van der Waals surface area contributed by atoms with Gasteiger partial charge in [0, 0.05) is 16.5 Å². The molecule has 1 aromatic heterocycles. The summed E-state index contributed by atoms with van der Waals surface area (Å²) in [6, 6.07) is 14.5. The van der Waals surface area contributed by atoms with E-state index in [1.54, 1.807) is 24.3 Å². The second kappa shape index (κ2) is 7.23. The molecule has 0 spiro atoms. The van der Waals surface area contributed by atoms with Crippen molar-refractivity contribution in [2.75, 3.05) is 0 Å². The maximum atomic E-state index is 12.6. The molecule has 0 aliphatic rings. The van der Waals surface area contributed by atoms with Crippen LogP contribution < -0.4 is 11.2 Å². The van der Waals surface area contributed by atoms with Crippen LogP contribution in [0.2, 0.25) is 0 Å². The molecule has 3 aromatic rings. The predicted octanol–water partition coefficient (Wildman–Crippen LogP) is 3.15. The van der Waals surface area contributed by atoms with Gasteiger partial charge in [0.25, 0.3) is 5.91 Å². The second-order valence-electron chi connectivity index (χ2n) is 6.30. The van der Waals surface area contributed by atoms with Crippen LogP contribution in [0.3, 0.4) is 0 Å². The van der Waals surface area contributed by atoms with Gasteiger partial charge in [0.1, 0.15) is 5.69 Å². The first kappa shape index (κ1) is 17.4. The van der Waals surface area contributed by atoms with E-state index >= 15 is 0 Å². The number of rotatable bonds is 5. The van der Waals surface area contributed by atoms with Gasteiger partial charge >= 0.3 is 0 Å². The quantitative estimate of drug-likeness (QED) is 0.487. The maximum absolute atomic E-state index is 12.6. The Morgan fingerprint density at radius 2 is 1.81 bits per heavy atom. The molecule has 2 amide bonds. The van der Waals surface area contributed by atoms with Crippen LogP contribution in [0.4, 0.5) is 0 Å². The lowest BCUT2D eigenvalue weighted by Crippen LogP contribution is -2.19. The summed E-state index contributed by atoms with van der Waals surface area (Å²) in [4.78, 5) is 26.8. The Morgan fingerprint density at radius 1 is 1.12 bits per heavy atom. The number of primary amides is 1. The molecule has 0 fully saturated rings. The van der Waals surface area contributed by atoms with Crippen molar-refractivity contribution >= 4 is 28.9 Å². The van der Waals surface area contributed by atoms with E-state index < -0.39 is 5.91 Å². The number of nitrogens with two attached hydrogens (primary N) is 1. The average Bonchev–Trinajstić information content (AvgIpc) is 3.02. The summed E-state index contributed by atoms with van der Waals surface area (Å²) in [5, 5.41) is 5.04. The van der Waals surface area contributed by atoms with Gasteiger partial charge in [-0.2, -0.15) is 5.10 Å². The Balaban J connectivity index is 1.79. The van der Waals surface area contributed by atoms with Gasteiger partial charge < -0.3 is 10.7 Å². The molecule has 1 heterocycles. The minimum Gasteiger partial charge on any atom is -0.366 e. The summed E-state index contributed by atoms with van der Waals surface area (Å²) in [6.45, 7) is 4.10. The number of carbonyl (C=O) groups is 2. The molecule has 0 radical (unpaired) electrons. The number of aromatic nitrogens is 1. The molecule has 2 aromatic carbocycles. The molecule has 0 saturated carbocycles. The van der Waals surface area contributed by atoms with E-state index in [2.05, 4.69) is 29.4 Å². The molecule has 0 aliphatic carbocycles. The number of aromatic amines is 1. The zero-order valence-corrected chi connectivity index (χ0v) is 14.6. The zero-order chi connectivity index (χ0) is 18.7.